The quantitative estimate of drug-likeness (QED) is 0.301. The van der Waals surface area contributed by atoms with E-state index in [0.717, 1.165) is 6.07 Å². The minimum absolute atomic E-state index is 0.163. The minimum atomic E-state index is -1.01. The third kappa shape index (κ3) is 4.14. The average Bonchev–Trinajstić information content (AvgIpc) is 2.93. The highest BCUT2D eigenvalue weighted by Crippen LogP contribution is 2.30. The first-order valence-electron chi connectivity index (χ1n) is 8.13. The van der Waals surface area contributed by atoms with E-state index in [1.807, 2.05) is 0 Å². The summed E-state index contributed by atoms with van der Waals surface area (Å²) in [6.07, 6.45) is 0. The number of carbonyl (C=O) groups is 4. The van der Waals surface area contributed by atoms with Crippen molar-refractivity contribution in [1.29, 1.82) is 0 Å². The van der Waals surface area contributed by atoms with Gasteiger partial charge in [-0.2, -0.15) is 0 Å². The molecule has 0 saturated carbocycles. The van der Waals surface area contributed by atoms with Gasteiger partial charge in [0.25, 0.3) is 23.4 Å². The smallest absolute Gasteiger partial charge is 0.326 e. The zero-order valence-electron chi connectivity index (χ0n) is 14.6. The number of nitro benzene ring substituents is 1. The van der Waals surface area contributed by atoms with Crippen LogP contribution >= 0.6 is 15.9 Å². The molecule has 0 aliphatic carbocycles. The van der Waals surface area contributed by atoms with E-state index in [1.54, 1.807) is 24.3 Å². The fourth-order valence-corrected chi connectivity index (χ4v) is 3.07. The molecule has 0 bridgehead atoms. The first kappa shape index (κ1) is 20.1. The fraction of sp³-hybridized carbons (Fsp3) is 0.111. The number of amides is 3. The Morgan fingerprint density at radius 1 is 1.10 bits per heavy atom. The van der Waals surface area contributed by atoms with Crippen molar-refractivity contribution in [3.63, 3.8) is 0 Å². The van der Waals surface area contributed by atoms with Crippen LogP contribution in [0.3, 0.4) is 0 Å². The number of fused-ring (bicyclic) bond motifs is 1. The molecule has 0 spiro atoms. The van der Waals surface area contributed by atoms with Gasteiger partial charge < -0.3 is 10.1 Å². The van der Waals surface area contributed by atoms with E-state index in [0.29, 0.717) is 15.1 Å². The Morgan fingerprint density at radius 3 is 2.52 bits per heavy atom. The fourth-order valence-electron chi connectivity index (χ4n) is 2.68. The van der Waals surface area contributed by atoms with Crippen molar-refractivity contribution in [2.45, 2.75) is 0 Å². The van der Waals surface area contributed by atoms with Gasteiger partial charge in [-0.1, -0.05) is 18.2 Å². The van der Waals surface area contributed by atoms with Crippen LogP contribution in [-0.2, 0) is 14.3 Å². The predicted molar refractivity (Wildman–Crippen MR) is 102 cm³/mol. The number of para-hydroxylation sites is 1. The number of benzene rings is 2. The van der Waals surface area contributed by atoms with E-state index < -0.39 is 47.5 Å². The molecule has 29 heavy (non-hydrogen) atoms. The summed E-state index contributed by atoms with van der Waals surface area (Å²) in [5.41, 5.74) is -0.587. The predicted octanol–water partition coefficient (Wildman–Crippen LogP) is 2.14. The van der Waals surface area contributed by atoms with Crippen LogP contribution in [-0.4, -0.2) is 46.7 Å². The highest BCUT2D eigenvalue weighted by Gasteiger charge is 2.41. The lowest BCUT2D eigenvalue weighted by molar-refractivity contribution is -0.385. The normalized spacial score (nSPS) is 12.5. The Labute approximate surface area is 171 Å². The number of carbonyl (C=O) groups excluding carboxylic acids is 4. The summed E-state index contributed by atoms with van der Waals surface area (Å²) in [4.78, 5) is 59.5. The first-order valence-corrected chi connectivity index (χ1v) is 8.92. The number of nitro groups is 1. The van der Waals surface area contributed by atoms with E-state index >= 15 is 0 Å². The molecule has 1 N–H and O–H groups in total. The first-order chi connectivity index (χ1) is 13.8. The minimum Gasteiger partial charge on any atom is -0.454 e. The summed E-state index contributed by atoms with van der Waals surface area (Å²) in [5.74, 6) is -3.44. The molecule has 148 valence electrons. The number of esters is 1. The standard InChI is InChI=1S/C18H12BrN3O7/c19-11-5-1-2-6-12(11)20-14(23)9-29-15(24)8-21-17(25)10-4-3-7-13(22(27)28)16(10)18(21)26/h1-7H,8-9H2,(H,20,23). The van der Waals surface area contributed by atoms with Gasteiger partial charge in [0.2, 0.25) is 0 Å². The number of hydrogen-bond acceptors (Lipinski definition) is 7. The Kier molecular flexibility index (Phi) is 5.69. The Balaban J connectivity index is 1.61. The number of nitrogens with one attached hydrogen (secondary N) is 1. The maximum Gasteiger partial charge on any atom is 0.326 e. The molecule has 0 radical (unpaired) electrons. The van der Waals surface area contributed by atoms with Crippen molar-refractivity contribution in [2.24, 2.45) is 0 Å². The van der Waals surface area contributed by atoms with Crippen LogP contribution in [0, 0.1) is 10.1 Å². The Morgan fingerprint density at radius 2 is 1.83 bits per heavy atom. The summed E-state index contributed by atoms with van der Waals surface area (Å²) in [5, 5.41) is 13.6. The molecule has 0 unspecified atom stereocenters. The lowest BCUT2D eigenvalue weighted by Crippen LogP contribution is -2.36. The molecule has 10 nitrogen and oxygen atoms in total. The second-order valence-corrected chi connectivity index (χ2v) is 6.70. The molecular formula is C18H12BrN3O7. The SMILES string of the molecule is O=C(COC(=O)CN1C(=O)c2cccc([N+](=O)[O-])c2C1=O)Nc1ccccc1Br. The number of hydrogen-bond donors (Lipinski definition) is 1. The molecule has 0 saturated heterocycles. The zero-order chi connectivity index (χ0) is 21.1. The number of anilines is 1. The monoisotopic (exact) mass is 461 g/mol. The number of halogens is 1. The van der Waals surface area contributed by atoms with Gasteiger partial charge in [0.1, 0.15) is 12.1 Å². The topological polar surface area (TPSA) is 136 Å². The van der Waals surface area contributed by atoms with Crippen molar-refractivity contribution in [1.82, 2.24) is 4.90 Å². The lowest BCUT2D eigenvalue weighted by Gasteiger charge is -2.13. The molecule has 11 heteroatoms. The largest absolute Gasteiger partial charge is 0.454 e. The number of nitrogens with zero attached hydrogens (tertiary/aromatic N) is 2. The molecule has 2 aromatic carbocycles. The van der Waals surface area contributed by atoms with Crippen LogP contribution in [0.4, 0.5) is 11.4 Å². The van der Waals surface area contributed by atoms with Gasteiger partial charge in [-0.05, 0) is 34.1 Å². The van der Waals surface area contributed by atoms with E-state index in [2.05, 4.69) is 21.2 Å². The molecule has 0 aromatic heterocycles. The highest BCUT2D eigenvalue weighted by atomic mass is 79.9. The molecule has 1 aliphatic rings. The molecule has 1 aliphatic heterocycles. The Hall–Kier alpha value is -3.60. The molecule has 0 atom stereocenters. The summed E-state index contributed by atoms with van der Waals surface area (Å²) < 4.78 is 5.44. The van der Waals surface area contributed by atoms with Gasteiger partial charge in [-0.15, -0.1) is 0 Å². The van der Waals surface area contributed by atoms with Gasteiger partial charge in [0.05, 0.1) is 16.2 Å². The van der Waals surface area contributed by atoms with E-state index in [1.165, 1.54) is 12.1 Å². The van der Waals surface area contributed by atoms with Gasteiger partial charge >= 0.3 is 5.97 Å². The zero-order valence-corrected chi connectivity index (χ0v) is 16.2. The molecule has 3 rings (SSSR count). The van der Waals surface area contributed by atoms with Gasteiger partial charge in [-0.3, -0.25) is 34.2 Å². The molecular weight excluding hydrogens is 450 g/mol. The van der Waals surface area contributed by atoms with Gasteiger partial charge in [0.15, 0.2) is 6.61 Å². The maximum absolute atomic E-state index is 12.4. The third-order valence-electron chi connectivity index (χ3n) is 3.97. The van der Waals surface area contributed by atoms with Crippen LogP contribution in [0.25, 0.3) is 0 Å². The van der Waals surface area contributed by atoms with Crippen LogP contribution in [0.2, 0.25) is 0 Å². The second-order valence-electron chi connectivity index (χ2n) is 5.84. The summed E-state index contributed by atoms with van der Waals surface area (Å²) in [7, 11) is 0. The number of ether oxygens (including phenoxy) is 1. The highest BCUT2D eigenvalue weighted by molar-refractivity contribution is 9.10. The van der Waals surface area contributed by atoms with Crippen molar-refractivity contribution in [3.05, 3.63) is 68.2 Å². The molecule has 3 amide bonds. The Bertz CT molecular complexity index is 1050. The lowest BCUT2D eigenvalue weighted by atomic mass is 10.1. The van der Waals surface area contributed by atoms with Crippen LogP contribution < -0.4 is 5.32 Å². The molecule has 2 aromatic rings. The van der Waals surface area contributed by atoms with Crippen molar-refractivity contribution >= 4 is 51.0 Å². The van der Waals surface area contributed by atoms with E-state index in [-0.39, 0.29) is 11.1 Å². The molecule has 0 fully saturated rings. The summed E-state index contributed by atoms with van der Waals surface area (Å²) in [6, 6.07) is 10.4. The van der Waals surface area contributed by atoms with E-state index in [4.69, 9.17) is 4.74 Å². The van der Waals surface area contributed by atoms with Crippen LogP contribution in [0.15, 0.2) is 46.9 Å². The van der Waals surface area contributed by atoms with Gasteiger partial charge in [0, 0.05) is 10.5 Å². The van der Waals surface area contributed by atoms with Crippen LogP contribution in [0.5, 0.6) is 0 Å². The third-order valence-corrected chi connectivity index (χ3v) is 4.66. The second kappa shape index (κ2) is 8.19. The average molecular weight is 462 g/mol. The summed E-state index contributed by atoms with van der Waals surface area (Å²) in [6.45, 7) is -1.41. The van der Waals surface area contributed by atoms with Gasteiger partial charge in [-0.25, -0.2) is 0 Å². The summed E-state index contributed by atoms with van der Waals surface area (Å²) >= 11 is 3.25. The van der Waals surface area contributed by atoms with Crippen molar-refractivity contribution in [3.8, 4) is 0 Å². The van der Waals surface area contributed by atoms with Crippen molar-refractivity contribution in [2.75, 3.05) is 18.5 Å². The molecule has 1 heterocycles. The van der Waals surface area contributed by atoms with E-state index in [9.17, 15) is 29.3 Å². The van der Waals surface area contributed by atoms with Crippen molar-refractivity contribution < 1.29 is 28.8 Å². The van der Waals surface area contributed by atoms with Crippen LogP contribution in [0.1, 0.15) is 20.7 Å². The number of rotatable bonds is 6. The number of imide groups is 1. The maximum atomic E-state index is 12.4.